The summed E-state index contributed by atoms with van der Waals surface area (Å²) in [5.41, 5.74) is 2.59. The standard InChI is InChI=1S/C22H25N3O3/c1-14-11-17(8-7-16-12-24-19-6-4-3-5-18(16)19)28-22(27)20(14)21(26)25-10-9-23-15(2)13-25/h3-6,11-12,15,23-24H,7-10,13H2,1-2H3/t15-/m1/s1. The Kier molecular flexibility index (Phi) is 5.05. The van der Waals surface area contributed by atoms with Gasteiger partial charge in [-0.15, -0.1) is 0 Å². The third kappa shape index (κ3) is 3.60. The van der Waals surface area contributed by atoms with Gasteiger partial charge in [-0.05, 0) is 43.5 Å². The van der Waals surface area contributed by atoms with Crippen LogP contribution in [0, 0.1) is 6.92 Å². The summed E-state index contributed by atoms with van der Waals surface area (Å²) in [4.78, 5) is 30.4. The molecular formula is C22H25N3O3. The molecule has 1 aromatic carbocycles. The van der Waals surface area contributed by atoms with Crippen LogP contribution >= 0.6 is 0 Å². The highest BCUT2D eigenvalue weighted by atomic mass is 16.4. The van der Waals surface area contributed by atoms with E-state index >= 15 is 0 Å². The largest absolute Gasteiger partial charge is 0.427 e. The SMILES string of the molecule is Cc1cc(CCc2c[nH]c3ccccc23)oc(=O)c1C(=O)N1CCN[C@H](C)C1. The Morgan fingerprint density at radius 2 is 2.11 bits per heavy atom. The molecular weight excluding hydrogens is 354 g/mol. The molecule has 6 heteroatoms. The lowest BCUT2D eigenvalue weighted by molar-refractivity contribution is 0.0703. The minimum absolute atomic E-state index is 0.157. The van der Waals surface area contributed by atoms with Crippen LogP contribution in [0.15, 0.2) is 45.7 Å². The van der Waals surface area contributed by atoms with Crippen LogP contribution in [-0.4, -0.2) is 41.5 Å². The number of H-pyrrole nitrogens is 1. The first-order valence-corrected chi connectivity index (χ1v) is 9.74. The zero-order valence-electron chi connectivity index (χ0n) is 16.2. The number of aryl methyl sites for hydroxylation is 3. The fourth-order valence-electron chi connectivity index (χ4n) is 3.92. The lowest BCUT2D eigenvalue weighted by Gasteiger charge is -2.31. The summed E-state index contributed by atoms with van der Waals surface area (Å²) in [6.07, 6.45) is 3.37. The maximum absolute atomic E-state index is 12.8. The normalized spacial score (nSPS) is 17.2. The topological polar surface area (TPSA) is 78.3 Å². The Balaban J connectivity index is 1.52. The number of aromatic amines is 1. The van der Waals surface area contributed by atoms with E-state index in [2.05, 4.69) is 16.4 Å². The van der Waals surface area contributed by atoms with Gasteiger partial charge < -0.3 is 19.6 Å². The van der Waals surface area contributed by atoms with Crippen molar-refractivity contribution in [1.29, 1.82) is 0 Å². The van der Waals surface area contributed by atoms with Gasteiger partial charge in [0.15, 0.2) is 0 Å². The van der Waals surface area contributed by atoms with Gasteiger partial charge in [0, 0.05) is 49.2 Å². The molecule has 3 heterocycles. The van der Waals surface area contributed by atoms with Crippen molar-refractivity contribution in [2.75, 3.05) is 19.6 Å². The van der Waals surface area contributed by atoms with Crippen molar-refractivity contribution in [1.82, 2.24) is 15.2 Å². The van der Waals surface area contributed by atoms with Gasteiger partial charge in [-0.1, -0.05) is 18.2 Å². The molecule has 2 aromatic heterocycles. The molecule has 1 aliphatic heterocycles. The highest BCUT2D eigenvalue weighted by Gasteiger charge is 2.26. The van der Waals surface area contributed by atoms with Gasteiger partial charge in [-0.25, -0.2) is 4.79 Å². The Morgan fingerprint density at radius 3 is 2.89 bits per heavy atom. The van der Waals surface area contributed by atoms with Crippen molar-refractivity contribution in [2.24, 2.45) is 0 Å². The van der Waals surface area contributed by atoms with E-state index in [0.29, 0.717) is 30.8 Å². The lowest BCUT2D eigenvalue weighted by atomic mass is 10.0. The van der Waals surface area contributed by atoms with Crippen molar-refractivity contribution < 1.29 is 9.21 Å². The molecule has 146 valence electrons. The van der Waals surface area contributed by atoms with Crippen LogP contribution in [0.3, 0.4) is 0 Å². The molecule has 2 N–H and O–H groups in total. The second kappa shape index (κ2) is 7.64. The molecule has 0 radical (unpaired) electrons. The van der Waals surface area contributed by atoms with Crippen molar-refractivity contribution in [3.8, 4) is 0 Å². The van der Waals surface area contributed by atoms with E-state index in [-0.39, 0.29) is 17.5 Å². The van der Waals surface area contributed by atoms with Crippen molar-refractivity contribution >= 4 is 16.8 Å². The summed E-state index contributed by atoms with van der Waals surface area (Å²) < 4.78 is 5.51. The summed E-state index contributed by atoms with van der Waals surface area (Å²) in [6.45, 7) is 5.78. The molecule has 0 unspecified atom stereocenters. The first-order valence-electron chi connectivity index (χ1n) is 9.74. The number of carbonyl (C=O) groups is 1. The number of para-hydroxylation sites is 1. The van der Waals surface area contributed by atoms with Gasteiger partial charge in [0.1, 0.15) is 11.3 Å². The zero-order chi connectivity index (χ0) is 19.7. The van der Waals surface area contributed by atoms with E-state index in [0.717, 1.165) is 18.5 Å². The summed E-state index contributed by atoms with van der Waals surface area (Å²) in [7, 11) is 0. The summed E-state index contributed by atoms with van der Waals surface area (Å²) in [5.74, 6) is 0.376. The number of rotatable bonds is 4. The highest BCUT2D eigenvalue weighted by molar-refractivity contribution is 5.95. The molecule has 0 aliphatic carbocycles. The summed E-state index contributed by atoms with van der Waals surface area (Å²) in [6, 6.07) is 10.2. The van der Waals surface area contributed by atoms with E-state index in [9.17, 15) is 9.59 Å². The molecule has 0 spiro atoms. The number of hydrogen-bond acceptors (Lipinski definition) is 4. The van der Waals surface area contributed by atoms with Crippen LogP contribution < -0.4 is 10.9 Å². The van der Waals surface area contributed by atoms with Crippen LogP contribution in [-0.2, 0) is 12.8 Å². The molecule has 0 bridgehead atoms. The third-order valence-corrected chi connectivity index (χ3v) is 5.39. The molecule has 1 fully saturated rings. The zero-order valence-corrected chi connectivity index (χ0v) is 16.2. The second-order valence-corrected chi connectivity index (χ2v) is 7.52. The lowest BCUT2D eigenvalue weighted by Crippen LogP contribution is -2.52. The van der Waals surface area contributed by atoms with E-state index in [1.165, 1.54) is 10.9 Å². The Morgan fingerprint density at radius 1 is 1.29 bits per heavy atom. The smallest absolute Gasteiger partial charge is 0.349 e. The van der Waals surface area contributed by atoms with Crippen molar-refractivity contribution in [3.63, 3.8) is 0 Å². The van der Waals surface area contributed by atoms with Crippen LogP contribution in [0.4, 0.5) is 0 Å². The maximum atomic E-state index is 12.8. The Bertz CT molecular complexity index is 1070. The molecule has 1 amide bonds. The van der Waals surface area contributed by atoms with E-state index in [1.807, 2.05) is 44.3 Å². The van der Waals surface area contributed by atoms with Gasteiger partial charge >= 0.3 is 5.63 Å². The molecule has 1 atom stereocenters. The molecule has 28 heavy (non-hydrogen) atoms. The molecule has 1 saturated heterocycles. The van der Waals surface area contributed by atoms with Gasteiger partial charge in [-0.2, -0.15) is 0 Å². The fourth-order valence-corrected chi connectivity index (χ4v) is 3.92. The Labute approximate surface area is 163 Å². The van der Waals surface area contributed by atoms with E-state index < -0.39 is 5.63 Å². The summed E-state index contributed by atoms with van der Waals surface area (Å²) in [5, 5.41) is 4.48. The number of carbonyl (C=O) groups excluding carboxylic acids is 1. The highest BCUT2D eigenvalue weighted by Crippen LogP contribution is 2.20. The first kappa shape index (κ1) is 18.5. The number of fused-ring (bicyclic) bond motifs is 1. The number of aromatic nitrogens is 1. The molecule has 4 rings (SSSR count). The number of benzene rings is 1. The van der Waals surface area contributed by atoms with E-state index in [1.54, 1.807) is 4.90 Å². The number of nitrogens with zero attached hydrogens (tertiary/aromatic N) is 1. The van der Waals surface area contributed by atoms with Crippen LogP contribution in [0.2, 0.25) is 0 Å². The van der Waals surface area contributed by atoms with Gasteiger partial charge in [0.2, 0.25) is 0 Å². The van der Waals surface area contributed by atoms with Gasteiger partial charge in [0.05, 0.1) is 0 Å². The number of piperazine rings is 1. The minimum atomic E-state index is -0.537. The van der Waals surface area contributed by atoms with Gasteiger partial charge in [-0.3, -0.25) is 4.79 Å². The monoisotopic (exact) mass is 379 g/mol. The van der Waals surface area contributed by atoms with E-state index in [4.69, 9.17) is 4.42 Å². The van der Waals surface area contributed by atoms with Crippen LogP contribution in [0.5, 0.6) is 0 Å². The molecule has 6 nitrogen and oxygen atoms in total. The predicted molar refractivity (Wildman–Crippen MR) is 109 cm³/mol. The first-order chi connectivity index (χ1) is 13.5. The van der Waals surface area contributed by atoms with Gasteiger partial charge in [0.25, 0.3) is 5.91 Å². The fraction of sp³-hybridized carbons (Fsp3) is 0.364. The minimum Gasteiger partial charge on any atom is -0.427 e. The number of amides is 1. The van der Waals surface area contributed by atoms with Crippen LogP contribution in [0.25, 0.3) is 10.9 Å². The maximum Gasteiger partial charge on any atom is 0.349 e. The predicted octanol–water partition coefficient (Wildman–Crippen LogP) is 2.65. The number of nitrogens with one attached hydrogen (secondary N) is 2. The molecule has 0 saturated carbocycles. The summed E-state index contributed by atoms with van der Waals surface area (Å²) >= 11 is 0. The second-order valence-electron chi connectivity index (χ2n) is 7.52. The van der Waals surface area contributed by atoms with Crippen molar-refractivity contribution in [3.05, 3.63) is 69.4 Å². The molecule has 3 aromatic rings. The quantitative estimate of drug-likeness (QED) is 0.731. The third-order valence-electron chi connectivity index (χ3n) is 5.39. The number of hydrogen-bond donors (Lipinski definition) is 2. The van der Waals surface area contributed by atoms with Crippen LogP contribution in [0.1, 0.15) is 34.2 Å². The van der Waals surface area contributed by atoms with Crippen molar-refractivity contribution in [2.45, 2.75) is 32.7 Å². The average Bonchev–Trinajstić information content (AvgIpc) is 3.09. The Hall–Kier alpha value is -2.86. The molecule has 1 aliphatic rings. The average molecular weight is 379 g/mol.